The van der Waals surface area contributed by atoms with Crippen LogP contribution in [0, 0.1) is 5.82 Å². The van der Waals surface area contributed by atoms with Crippen molar-refractivity contribution in [2.45, 2.75) is 25.8 Å². The van der Waals surface area contributed by atoms with E-state index in [0.717, 1.165) is 11.1 Å². The summed E-state index contributed by atoms with van der Waals surface area (Å²) in [6.07, 6.45) is 1.46. The van der Waals surface area contributed by atoms with E-state index in [4.69, 9.17) is 4.42 Å². The van der Waals surface area contributed by atoms with Crippen LogP contribution in [0.1, 0.15) is 35.5 Å². The second-order valence-electron chi connectivity index (χ2n) is 7.80. The van der Waals surface area contributed by atoms with E-state index in [2.05, 4.69) is 34.8 Å². The average molecular weight is 423 g/mol. The number of rotatable bonds is 7. The van der Waals surface area contributed by atoms with E-state index in [1.165, 1.54) is 12.3 Å². The van der Waals surface area contributed by atoms with Gasteiger partial charge < -0.3 is 20.4 Å². The van der Waals surface area contributed by atoms with Gasteiger partial charge in [0, 0.05) is 31.2 Å². The van der Waals surface area contributed by atoms with Crippen LogP contribution < -0.4 is 16.0 Å². The smallest absolute Gasteiger partial charge is 0.291 e. The van der Waals surface area contributed by atoms with Crippen LogP contribution in [-0.2, 0) is 12.0 Å². The number of benzene rings is 2. The van der Waals surface area contributed by atoms with E-state index in [-0.39, 0.29) is 22.9 Å². The largest absolute Gasteiger partial charge is 0.459 e. The van der Waals surface area contributed by atoms with Crippen LogP contribution in [0.3, 0.4) is 0 Å². The van der Waals surface area contributed by atoms with Gasteiger partial charge in [0.2, 0.25) is 0 Å². The van der Waals surface area contributed by atoms with E-state index in [1.807, 2.05) is 30.3 Å². The normalized spacial score (nSPS) is 11.8. The Balaban J connectivity index is 1.50. The molecule has 0 spiro atoms. The molecular weight excluding hydrogens is 395 g/mol. The highest BCUT2D eigenvalue weighted by Crippen LogP contribution is 2.22. The summed E-state index contributed by atoms with van der Waals surface area (Å²) in [4.78, 5) is 16.3. The van der Waals surface area contributed by atoms with Gasteiger partial charge in [0.1, 0.15) is 5.82 Å². The topological polar surface area (TPSA) is 78.7 Å². The van der Waals surface area contributed by atoms with Crippen LogP contribution in [0.15, 0.2) is 76.3 Å². The third kappa shape index (κ3) is 6.18. The van der Waals surface area contributed by atoms with E-state index < -0.39 is 0 Å². The predicted octanol–water partition coefficient (Wildman–Crippen LogP) is 4.31. The number of carbonyl (C=O) groups excluding carboxylic acids is 1. The second kappa shape index (κ2) is 9.93. The summed E-state index contributed by atoms with van der Waals surface area (Å²) < 4.78 is 18.6. The van der Waals surface area contributed by atoms with Gasteiger partial charge in [-0.3, -0.25) is 9.79 Å². The van der Waals surface area contributed by atoms with Gasteiger partial charge in [0.15, 0.2) is 11.7 Å². The van der Waals surface area contributed by atoms with Gasteiger partial charge in [0.25, 0.3) is 5.91 Å². The number of halogens is 1. The lowest BCUT2D eigenvalue weighted by Crippen LogP contribution is -2.43. The second-order valence-corrected chi connectivity index (χ2v) is 7.80. The van der Waals surface area contributed by atoms with Crippen molar-refractivity contribution < 1.29 is 13.6 Å². The highest BCUT2D eigenvalue weighted by molar-refractivity contribution is 6.02. The Hall–Kier alpha value is -3.61. The SMILES string of the molecule is CN=C(NCc1ccc(NC(=O)c2ccco2)cc1)NCC(C)(C)c1cccc(F)c1. The molecule has 1 amide bonds. The van der Waals surface area contributed by atoms with Gasteiger partial charge in [-0.25, -0.2) is 4.39 Å². The molecule has 6 nitrogen and oxygen atoms in total. The number of hydrogen-bond acceptors (Lipinski definition) is 3. The molecule has 3 N–H and O–H groups in total. The lowest BCUT2D eigenvalue weighted by atomic mass is 9.84. The van der Waals surface area contributed by atoms with Crippen LogP contribution in [-0.4, -0.2) is 25.5 Å². The lowest BCUT2D eigenvalue weighted by Gasteiger charge is -2.27. The zero-order chi connectivity index (χ0) is 22.3. The van der Waals surface area contributed by atoms with E-state index in [9.17, 15) is 9.18 Å². The lowest BCUT2D eigenvalue weighted by molar-refractivity contribution is 0.0996. The molecule has 0 unspecified atom stereocenters. The predicted molar refractivity (Wildman–Crippen MR) is 121 cm³/mol. The molecule has 162 valence electrons. The van der Waals surface area contributed by atoms with Crippen molar-refractivity contribution in [3.63, 3.8) is 0 Å². The summed E-state index contributed by atoms with van der Waals surface area (Å²) >= 11 is 0. The van der Waals surface area contributed by atoms with Crippen molar-refractivity contribution in [2.24, 2.45) is 4.99 Å². The Morgan fingerprint density at radius 3 is 2.48 bits per heavy atom. The zero-order valence-electron chi connectivity index (χ0n) is 17.9. The highest BCUT2D eigenvalue weighted by Gasteiger charge is 2.21. The summed E-state index contributed by atoms with van der Waals surface area (Å²) in [6.45, 7) is 5.26. The van der Waals surface area contributed by atoms with Crippen molar-refractivity contribution in [1.82, 2.24) is 10.6 Å². The third-order valence-electron chi connectivity index (χ3n) is 4.94. The first-order valence-electron chi connectivity index (χ1n) is 10.0. The number of nitrogens with one attached hydrogen (secondary N) is 3. The number of aliphatic imine (C=N–C) groups is 1. The van der Waals surface area contributed by atoms with Crippen LogP contribution in [0.2, 0.25) is 0 Å². The van der Waals surface area contributed by atoms with Crippen molar-refractivity contribution >= 4 is 17.6 Å². The molecule has 0 fully saturated rings. The molecular formula is C24H27FN4O2. The number of guanidine groups is 1. The maximum Gasteiger partial charge on any atom is 0.291 e. The average Bonchev–Trinajstić information content (AvgIpc) is 3.30. The Morgan fingerprint density at radius 2 is 1.84 bits per heavy atom. The minimum Gasteiger partial charge on any atom is -0.459 e. The molecule has 1 heterocycles. The summed E-state index contributed by atoms with van der Waals surface area (Å²) in [6, 6.07) is 17.5. The van der Waals surface area contributed by atoms with Crippen molar-refractivity contribution in [2.75, 3.05) is 18.9 Å². The van der Waals surface area contributed by atoms with Crippen molar-refractivity contribution in [3.8, 4) is 0 Å². The fourth-order valence-corrected chi connectivity index (χ4v) is 3.03. The molecule has 0 atom stereocenters. The minimum atomic E-state index is -0.290. The van der Waals surface area contributed by atoms with Gasteiger partial charge in [0.05, 0.1) is 6.26 Å². The van der Waals surface area contributed by atoms with Gasteiger partial charge in [-0.05, 0) is 47.5 Å². The first-order chi connectivity index (χ1) is 14.9. The number of amides is 1. The molecule has 2 aromatic carbocycles. The number of anilines is 1. The first kappa shape index (κ1) is 22.1. The fourth-order valence-electron chi connectivity index (χ4n) is 3.03. The summed E-state index contributed by atoms with van der Waals surface area (Å²) in [7, 11) is 1.71. The third-order valence-corrected chi connectivity index (χ3v) is 4.94. The molecule has 7 heteroatoms. The quantitative estimate of drug-likeness (QED) is 0.392. The molecule has 0 saturated heterocycles. The maximum atomic E-state index is 13.6. The monoisotopic (exact) mass is 422 g/mol. The molecule has 0 saturated carbocycles. The molecule has 0 aliphatic carbocycles. The Morgan fingerprint density at radius 1 is 1.06 bits per heavy atom. The Kier molecular flexibility index (Phi) is 7.07. The van der Waals surface area contributed by atoms with E-state index >= 15 is 0 Å². The summed E-state index contributed by atoms with van der Waals surface area (Å²) in [5, 5.41) is 9.35. The fraction of sp³-hybridized carbons (Fsp3) is 0.250. The first-order valence-corrected chi connectivity index (χ1v) is 10.0. The molecule has 3 rings (SSSR count). The number of furan rings is 1. The summed E-state index contributed by atoms with van der Waals surface area (Å²) in [5.74, 6) is 0.389. The van der Waals surface area contributed by atoms with Crippen LogP contribution in [0.25, 0.3) is 0 Å². The molecule has 1 aromatic heterocycles. The molecule has 31 heavy (non-hydrogen) atoms. The van der Waals surface area contributed by atoms with Gasteiger partial charge >= 0.3 is 0 Å². The molecule has 3 aromatic rings. The number of hydrogen-bond donors (Lipinski definition) is 3. The Labute approximate surface area is 181 Å². The summed E-state index contributed by atoms with van der Waals surface area (Å²) in [5.41, 5.74) is 2.36. The zero-order valence-corrected chi connectivity index (χ0v) is 17.9. The molecule has 0 aliphatic heterocycles. The van der Waals surface area contributed by atoms with Gasteiger partial charge in [-0.1, -0.05) is 38.1 Å². The van der Waals surface area contributed by atoms with Crippen LogP contribution in [0.4, 0.5) is 10.1 Å². The van der Waals surface area contributed by atoms with E-state index in [1.54, 1.807) is 31.3 Å². The van der Waals surface area contributed by atoms with Crippen LogP contribution in [0.5, 0.6) is 0 Å². The van der Waals surface area contributed by atoms with Crippen molar-refractivity contribution in [3.05, 3.63) is 89.6 Å². The Bertz CT molecular complexity index is 1030. The number of carbonyl (C=O) groups is 1. The standard InChI is InChI=1S/C24H27FN4O2/c1-24(2,18-6-4-7-19(25)14-18)16-28-23(26-3)27-15-17-9-11-20(12-10-17)29-22(30)21-8-5-13-31-21/h4-14H,15-16H2,1-3H3,(H,29,30)(H2,26,27,28). The molecule has 0 bridgehead atoms. The van der Waals surface area contributed by atoms with Gasteiger partial charge in [-0.15, -0.1) is 0 Å². The molecule has 0 radical (unpaired) electrons. The van der Waals surface area contributed by atoms with Gasteiger partial charge in [-0.2, -0.15) is 0 Å². The van der Waals surface area contributed by atoms with E-state index in [0.29, 0.717) is 24.7 Å². The van der Waals surface area contributed by atoms with Crippen molar-refractivity contribution in [1.29, 1.82) is 0 Å². The minimum absolute atomic E-state index is 0.239. The molecule has 0 aliphatic rings. The van der Waals surface area contributed by atoms with Crippen LogP contribution >= 0.6 is 0 Å². The maximum absolute atomic E-state index is 13.6. The highest BCUT2D eigenvalue weighted by atomic mass is 19.1. The number of nitrogens with zero attached hydrogens (tertiary/aromatic N) is 1.